The molecule has 3 heterocycles. The van der Waals surface area contributed by atoms with Crippen LogP contribution in [0, 0.1) is 0 Å². The topological polar surface area (TPSA) is 80.3 Å². The van der Waals surface area contributed by atoms with E-state index in [-0.39, 0.29) is 18.6 Å². The number of benzene rings is 1. The van der Waals surface area contributed by atoms with Crippen LogP contribution in [0.1, 0.15) is 24.8 Å². The molecule has 0 saturated carbocycles. The molecule has 4 rings (SSSR count). The molecule has 172 valence electrons. The summed E-state index contributed by atoms with van der Waals surface area (Å²) in [7, 11) is 0. The van der Waals surface area contributed by atoms with Crippen LogP contribution in [0.15, 0.2) is 23.1 Å². The average Bonchev–Trinajstić information content (AvgIpc) is 3.37. The molecule has 0 atom stereocenters. The number of ether oxygens (including phenoxy) is 3. The average molecular weight is 478 g/mol. The second kappa shape index (κ2) is 11.1. The van der Waals surface area contributed by atoms with Crippen molar-refractivity contribution in [1.82, 2.24) is 15.1 Å². The largest absolute Gasteiger partial charge is 0.454 e. The summed E-state index contributed by atoms with van der Waals surface area (Å²) in [6.07, 6.45) is 3.67. The lowest BCUT2D eigenvalue weighted by Gasteiger charge is -2.26. The van der Waals surface area contributed by atoms with Crippen LogP contribution in [0.3, 0.4) is 0 Å². The molecule has 3 aliphatic heterocycles. The van der Waals surface area contributed by atoms with Crippen molar-refractivity contribution >= 4 is 46.2 Å². The van der Waals surface area contributed by atoms with Crippen molar-refractivity contribution in [2.45, 2.75) is 19.3 Å². The first kappa shape index (κ1) is 23.0. The quantitative estimate of drug-likeness (QED) is 0.330. The van der Waals surface area contributed by atoms with Crippen molar-refractivity contribution in [3.63, 3.8) is 0 Å². The van der Waals surface area contributed by atoms with Crippen LogP contribution in [0.4, 0.5) is 0 Å². The first-order chi connectivity index (χ1) is 15.6. The lowest BCUT2D eigenvalue weighted by Crippen LogP contribution is -2.38. The van der Waals surface area contributed by atoms with Gasteiger partial charge in [0, 0.05) is 32.6 Å². The van der Waals surface area contributed by atoms with E-state index in [0.29, 0.717) is 46.7 Å². The second-order valence-electron chi connectivity index (χ2n) is 7.71. The number of hydrogen-bond donors (Lipinski definition) is 1. The molecule has 0 aliphatic carbocycles. The molecule has 10 heteroatoms. The Morgan fingerprint density at radius 1 is 1.16 bits per heavy atom. The summed E-state index contributed by atoms with van der Waals surface area (Å²) in [6, 6.07) is 5.55. The molecule has 1 aromatic rings. The highest BCUT2D eigenvalue weighted by atomic mass is 32.2. The molecule has 0 unspecified atom stereocenters. The van der Waals surface area contributed by atoms with Crippen molar-refractivity contribution in [2.24, 2.45) is 0 Å². The predicted octanol–water partition coefficient (Wildman–Crippen LogP) is 2.24. The third-order valence-electron chi connectivity index (χ3n) is 5.43. The highest BCUT2D eigenvalue weighted by molar-refractivity contribution is 8.26. The minimum Gasteiger partial charge on any atom is -0.454 e. The fourth-order valence-corrected chi connectivity index (χ4v) is 5.00. The van der Waals surface area contributed by atoms with E-state index < -0.39 is 0 Å². The van der Waals surface area contributed by atoms with Gasteiger partial charge in [0.05, 0.1) is 18.1 Å². The highest BCUT2D eigenvalue weighted by Crippen LogP contribution is 2.36. The summed E-state index contributed by atoms with van der Waals surface area (Å²) >= 11 is 6.67. The molecule has 1 aromatic carbocycles. The van der Waals surface area contributed by atoms with Gasteiger partial charge in [-0.3, -0.25) is 19.4 Å². The first-order valence-corrected chi connectivity index (χ1v) is 12.0. The van der Waals surface area contributed by atoms with Crippen LogP contribution in [-0.4, -0.2) is 78.7 Å². The molecule has 0 radical (unpaired) electrons. The number of carbonyl (C=O) groups excluding carboxylic acids is 2. The molecular formula is C22H27N3O5S2. The minimum atomic E-state index is -0.122. The summed E-state index contributed by atoms with van der Waals surface area (Å²) in [6.45, 7) is 5.77. The van der Waals surface area contributed by atoms with E-state index in [9.17, 15) is 9.59 Å². The van der Waals surface area contributed by atoms with E-state index >= 15 is 0 Å². The maximum Gasteiger partial charge on any atom is 0.266 e. The summed E-state index contributed by atoms with van der Waals surface area (Å²) in [5, 5.41) is 2.96. The Morgan fingerprint density at radius 3 is 2.81 bits per heavy atom. The Morgan fingerprint density at radius 2 is 1.97 bits per heavy atom. The molecule has 2 amide bonds. The lowest BCUT2D eigenvalue weighted by molar-refractivity contribution is -0.124. The molecule has 1 N–H and O–H groups in total. The summed E-state index contributed by atoms with van der Waals surface area (Å²) < 4.78 is 16.6. The van der Waals surface area contributed by atoms with Gasteiger partial charge < -0.3 is 19.5 Å². The zero-order chi connectivity index (χ0) is 22.3. The Kier molecular flexibility index (Phi) is 8.01. The normalized spacial score (nSPS) is 19.8. The first-order valence-electron chi connectivity index (χ1n) is 10.8. The van der Waals surface area contributed by atoms with E-state index in [1.807, 2.05) is 24.3 Å². The Hall–Kier alpha value is -2.14. The molecule has 3 aliphatic rings. The lowest BCUT2D eigenvalue weighted by atomic mass is 10.2. The summed E-state index contributed by atoms with van der Waals surface area (Å²) in [5.41, 5.74) is 0.853. The number of rotatable bonds is 9. The van der Waals surface area contributed by atoms with Gasteiger partial charge in [0.15, 0.2) is 11.5 Å². The number of amides is 2. The zero-order valence-corrected chi connectivity index (χ0v) is 19.5. The van der Waals surface area contributed by atoms with Gasteiger partial charge in [-0.25, -0.2) is 0 Å². The highest BCUT2D eigenvalue weighted by Gasteiger charge is 2.31. The van der Waals surface area contributed by atoms with Crippen molar-refractivity contribution in [3.8, 4) is 11.5 Å². The number of nitrogens with one attached hydrogen (secondary N) is 1. The van der Waals surface area contributed by atoms with E-state index in [1.165, 1.54) is 11.8 Å². The zero-order valence-electron chi connectivity index (χ0n) is 17.8. The van der Waals surface area contributed by atoms with Gasteiger partial charge in [0.2, 0.25) is 12.7 Å². The maximum absolute atomic E-state index is 12.8. The maximum atomic E-state index is 12.8. The van der Waals surface area contributed by atoms with Crippen LogP contribution in [-0.2, 0) is 14.3 Å². The monoisotopic (exact) mass is 477 g/mol. The van der Waals surface area contributed by atoms with Crippen molar-refractivity contribution in [2.75, 3.05) is 52.7 Å². The Balaban J connectivity index is 1.18. The van der Waals surface area contributed by atoms with Crippen molar-refractivity contribution < 1.29 is 23.8 Å². The summed E-state index contributed by atoms with van der Waals surface area (Å²) in [4.78, 5) is 29.4. The van der Waals surface area contributed by atoms with Crippen LogP contribution in [0.25, 0.3) is 6.08 Å². The standard InChI is InChI=1S/C22H27N3O5S2/c26-20(23-6-2-7-24-9-11-28-12-10-24)3-1-8-25-21(27)19(32-22(25)31)14-16-4-5-17-18(13-16)30-15-29-17/h4-5,13-14H,1-3,6-12,15H2,(H,23,26)/b19-14-. The minimum absolute atomic E-state index is 0.00770. The van der Waals surface area contributed by atoms with E-state index in [1.54, 1.807) is 4.90 Å². The van der Waals surface area contributed by atoms with Crippen LogP contribution in [0.5, 0.6) is 11.5 Å². The molecule has 0 aromatic heterocycles. The predicted molar refractivity (Wildman–Crippen MR) is 127 cm³/mol. The number of fused-ring (bicyclic) bond motifs is 1. The summed E-state index contributed by atoms with van der Waals surface area (Å²) in [5.74, 6) is 1.26. The van der Waals surface area contributed by atoms with E-state index in [2.05, 4.69) is 10.2 Å². The Labute approximate surface area is 197 Å². The molecule has 32 heavy (non-hydrogen) atoms. The number of thioether (sulfide) groups is 1. The third kappa shape index (κ3) is 6.00. The fraction of sp³-hybridized carbons (Fsp3) is 0.500. The van der Waals surface area contributed by atoms with Gasteiger partial charge >= 0.3 is 0 Å². The van der Waals surface area contributed by atoms with Crippen LogP contribution < -0.4 is 14.8 Å². The van der Waals surface area contributed by atoms with Gasteiger partial charge in [0.1, 0.15) is 4.32 Å². The number of hydrogen-bond acceptors (Lipinski definition) is 8. The van der Waals surface area contributed by atoms with Crippen molar-refractivity contribution in [3.05, 3.63) is 28.7 Å². The van der Waals surface area contributed by atoms with Gasteiger partial charge in [-0.1, -0.05) is 30.0 Å². The molecule has 2 fully saturated rings. The van der Waals surface area contributed by atoms with Gasteiger partial charge in [-0.05, 0) is 43.2 Å². The Bertz CT molecular complexity index is 902. The van der Waals surface area contributed by atoms with Crippen molar-refractivity contribution in [1.29, 1.82) is 0 Å². The third-order valence-corrected chi connectivity index (χ3v) is 6.81. The van der Waals surface area contributed by atoms with E-state index in [4.69, 9.17) is 26.4 Å². The van der Waals surface area contributed by atoms with Gasteiger partial charge in [0.25, 0.3) is 5.91 Å². The molecule has 0 spiro atoms. The van der Waals surface area contributed by atoms with Crippen LogP contribution in [0.2, 0.25) is 0 Å². The molecule has 2 saturated heterocycles. The fourth-order valence-electron chi connectivity index (χ4n) is 3.69. The SMILES string of the molecule is O=C(CCCN1C(=O)/C(=C/c2ccc3c(c2)OCO3)SC1=S)NCCCN1CCOCC1. The number of carbonyl (C=O) groups is 2. The van der Waals surface area contributed by atoms with Crippen LogP contribution >= 0.6 is 24.0 Å². The number of morpholine rings is 1. The van der Waals surface area contributed by atoms with E-state index in [0.717, 1.165) is 44.8 Å². The van der Waals surface area contributed by atoms with Gasteiger partial charge in [-0.15, -0.1) is 0 Å². The molecule has 0 bridgehead atoms. The number of nitrogens with zero attached hydrogens (tertiary/aromatic N) is 2. The number of thiocarbonyl (C=S) groups is 1. The molecular weight excluding hydrogens is 450 g/mol. The smallest absolute Gasteiger partial charge is 0.266 e. The molecule has 8 nitrogen and oxygen atoms in total. The van der Waals surface area contributed by atoms with Gasteiger partial charge in [-0.2, -0.15) is 0 Å². The second-order valence-corrected chi connectivity index (χ2v) is 9.38.